The standard InChI is InChI=1S/Ag.Ba.Se.Si. The van der Waals surface area contributed by atoms with Crippen LogP contribution in [0.1, 0.15) is 0 Å². The zero-order valence-electron chi connectivity index (χ0n) is 1.92. The third-order valence-electron chi connectivity index (χ3n) is 0. The van der Waals surface area contributed by atoms with Crippen LogP contribution in [-0.4, -0.2) is 76.9 Å². The van der Waals surface area contributed by atoms with Gasteiger partial charge in [-0.15, -0.1) is 0 Å². The Morgan fingerprint density at radius 2 is 1.00 bits per heavy atom. The van der Waals surface area contributed by atoms with Gasteiger partial charge in [-0.3, -0.25) is 0 Å². The van der Waals surface area contributed by atoms with Crippen molar-refractivity contribution >= 4 is 76.9 Å². The molecular formula is AgBaSeSi. The second kappa shape index (κ2) is 16.6. The summed E-state index contributed by atoms with van der Waals surface area (Å²) in [5, 5.41) is 0. The van der Waals surface area contributed by atoms with E-state index in [4.69, 9.17) is 0 Å². The van der Waals surface area contributed by atoms with Crippen LogP contribution in [0.25, 0.3) is 0 Å². The number of hydrogen-bond donors (Lipinski definition) is 0. The van der Waals surface area contributed by atoms with Gasteiger partial charge in [-0.25, -0.2) is 0 Å². The minimum Gasteiger partial charge on any atom is 0 e. The van der Waals surface area contributed by atoms with Crippen molar-refractivity contribution in [2.24, 2.45) is 0 Å². The third-order valence-corrected chi connectivity index (χ3v) is 0. The van der Waals surface area contributed by atoms with Crippen molar-refractivity contribution in [1.82, 2.24) is 0 Å². The van der Waals surface area contributed by atoms with Gasteiger partial charge in [0, 0.05) is 99.3 Å². The molecule has 4 heteroatoms. The molecule has 0 heterocycles. The zero-order chi connectivity index (χ0) is 0. The normalized spacial score (nSPS) is 0. The summed E-state index contributed by atoms with van der Waals surface area (Å²) >= 11 is 0. The minimum atomic E-state index is 0. The molecule has 0 aromatic heterocycles. The van der Waals surface area contributed by atoms with Crippen LogP contribution in [0, 0.1) is 0 Å². The third kappa shape index (κ3) is 8.90. The predicted octanol–water partition coefficient (Wildman–Crippen LogP) is -1.14. The van der Waals surface area contributed by atoms with Crippen molar-refractivity contribution in [1.29, 1.82) is 0 Å². The summed E-state index contributed by atoms with van der Waals surface area (Å²) in [6, 6.07) is 0. The van der Waals surface area contributed by atoms with Crippen LogP contribution in [0.3, 0.4) is 0 Å². The van der Waals surface area contributed by atoms with Crippen LogP contribution in [0.15, 0.2) is 0 Å². The first-order chi connectivity index (χ1) is 0. The van der Waals surface area contributed by atoms with E-state index in [1.807, 2.05) is 0 Å². The maximum atomic E-state index is 0. The van der Waals surface area contributed by atoms with Gasteiger partial charge in [0.25, 0.3) is 0 Å². The first-order valence-electron chi connectivity index (χ1n) is 0. The molecule has 0 aliphatic carbocycles. The van der Waals surface area contributed by atoms with Crippen LogP contribution in [0.4, 0.5) is 0 Å². The first-order valence-corrected chi connectivity index (χ1v) is 0. The number of hydrogen-bond acceptors (Lipinski definition) is 0. The Morgan fingerprint density at radius 1 is 1.00 bits per heavy atom. The topological polar surface area (TPSA) is 0 Å². The zero-order valence-corrected chi connectivity index (χ0v) is 10.6. The average Bonchev–Trinajstić information content (AvgIpc) is 0. The van der Waals surface area contributed by atoms with Crippen LogP contribution < -0.4 is 0 Å². The monoisotopic (exact) mass is 353 g/mol. The largest absolute Gasteiger partial charge is 0 e. The van der Waals surface area contributed by atoms with Crippen molar-refractivity contribution in [2.75, 3.05) is 0 Å². The summed E-state index contributed by atoms with van der Waals surface area (Å²) in [6.07, 6.45) is 0. The van der Waals surface area contributed by atoms with Crippen molar-refractivity contribution in [3.8, 4) is 0 Å². The predicted molar refractivity (Wildman–Crippen MR) is 17.3 cm³/mol. The maximum absolute atomic E-state index is 0. The van der Waals surface area contributed by atoms with Gasteiger partial charge in [0.05, 0.1) is 0 Å². The Morgan fingerprint density at radius 3 is 1.00 bits per heavy atom. The molecule has 0 aliphatic rings. The van der Waals surface area contributed by atoms with Gasteiger partial charge >= 0.3 is 0 Å². The molecule has 0 aliphatic heterocycles. The quantitative estimate of drug-likeness (QED) is 0.484. The first kappa shape index (κ1) is 27.7. The molecule has 23 valence electrons. The molecule has 0 unspecified atom stereocenters. The molecule has 0 amide bonds. The summed E-state index contributed by atoms with van der Waals surface area (Å²) in [5.41, 5.74) is 0. The van der Waals surface area contributed by atoms with Gasteiger partial charge in [0.15, 0.2) is 0 Å². The van der Waals surface area contributed by atoms with Gasteiger partial charge in [-0.05, 0) is 0 Å². The SMILES string of the molecule is [Ag].[Ba].[Se].[Si]. The smallest absolute Gasteiger partial charge is 0 e. The van der Waals surface area contributed by atoms with Crippen molar-refractivity contribution < 1.29 is 22.4 Å². The number of rotatable bonds is 0. The summed E-state index contributed by atoms with van der Waals surface area (Å²) in [4.78, 5) is 0. The van der Waals surface area contributed by atoms with Crippen molar-refractivity contribution in [3.05, 3.63) is 0 Å². The molecule has 0 atom stereocenters. The van der Waals surface area contributed by atoms with E-state index in [0.29, 0.717) is 0 Å². The fourth-order valence-electron chi connectivity index (χ4n) is 0. The molecule has 9 radical (unpaired) electrons. The fourth-order valence-corrected chi connectivity index (χ4v) is 0. The molecule has 0 saturated carbocycles. The van der Waals surface area contributed by atoms with Crippen LogP contribution >= 0.6 is 0 Å². The fraction of sp³-hybridized carbons (Fsp3) is 0. The van der Waals surface area contributed by atoms with Gasteiger partial charge in [-0.1, -0.05) is 0 Å². The molecule has 0 nitrogen and oxygen atoms in total. The van der Waals surface area contributed by atoms with Gasteiger partial charge in [-0.2, -0.15) is 0 Å². The Hall–Kier alpha value is 3.05. The molecule has 0 bridgehead atoms. The molecule has 0 N–H and O–H groups in total. The van der Waals surface area contributed by atoms with E-state index in [0.717, 1.165) is 0 Å². The van der Waals surface area contributed by atoms with E-state index in [1.54, 1.807) is 0 Å². The van der Waals surface area contributed by atoms with Crippen LogP contribution in [0.2, 0.25) is 0 Å². The maximum Gasteiger partial charge on any atom is 0 e. The molecule has 0 aromatic rings. The van der Waals surface area contributed by atoms with Crippen molar-refractivity contribution in [2.45, 2.75) is 0 Å². The summed E-state index contributed by atoms with van der Waals surface area (Å²) < 4.78 is 0. The average molecular weight is 352 g/mol. The molecular weight excluding hydrogens is 352 g/mol. The Bertz CT molecular complexity index is 8.00. The Labute approximate surface area is 96.9 Å². The van der Waals surface area contributed by atoms with E-state index >= 15 is 0 Å². The van der Waals surface area contributed by atoms with Crippen molar-refractivity contribution in [3.63, 3.8) is 0 Å². The Balaban J connectivity index is 0. The molecule has 0 fully saturated rings. The Kier molecular flexibility index (Phi) is 115. The van der Waals surface area contributed by atoms with Crippen LogP contribution in [0.5, 0.6) is 0 Å². The van der Waals surface area contributed by atoms with E-state index in [2.05, 4.69) is 0 Å². The van der Waals surface area contributed by atoms with Gasteiger partial charge in [0.1, 0.15) is 0 Å². The summed E-state index contributed by atoms with van der Waals surface area (Å²) in [7, 11) is 0. The van der Waals surface area contributed by atoms with Crippen LogP contribution in [-0.2, 0) is 22.4 Å². The molecule has 0 saturated heterocycles. The van der Waals surface area contributed by atoms with Gasteiger partial charge < -0.3 is 0 Å². The minimum absolute atomic E-state index is 0. The van der Waals surface area contributed by atoms with E-state index in [1.165, 1.54) is 0 Å². The van der Waals surface area contributed by atoms with E-state index in [9.17, 15) is 0 Å². The van der Waals surface area contributed by atoms with Gasteiger partial charge in [0.2, 0.25) is 0 Å². The summed E-state index contributed by atoms with van der Waals surface area (Å²) in [6.45, 7) is 0. The molecule has 4 heavy (non-hydrogen) atoms. The molecule has 0 aromatic carbocycles. The molecule has 0 rings (SSSR count). The second-order valence-corrected chi connectivity index (χ2v) is 0. The summed E-state index contributed by atoms with van der Waals surface area (Å²) in [5.74, 6) is 0. The van der Waals surface area contributed by atoms with E-state index < -0.39 is 0 Å². The second-order valence-electron chi connectivity index (χ2n) is 0. The van der Waals surface area contributed by atoms with E-state index in [-0.39, 0.29) is 99.3 Å². The molecule has 0 spiro atoms.